The first-order chi connectivity index (χ1) is 11.9. The molecule has 0 saturated carbocycles. The maximum atomic E-state index is 12.6. The summed E-state index contributed by atoms with van der Waals surface area (Å²) >= 11 is 1.14. The van der Waals surface area contributed by atoms with Crippen LogP contribution in [0.1, 0.15) is 32.8 Å². The highest BCUT2D eigenvalue weighted by molar-refractivity contribution is 8.13. The topological polar surface area (TPSA) is 73.9 Å². The SMILES string of the molecule is CC[C@H](C)[C@H](NC(C)=O)C(=O)SCc1c(OC)cc(OC)cc1OC. The number of hydrogen-bond donors (Lipinski definition) is 1. The molecule has 0 radical (unpaired) electrons. The van der Waals surface area contributed by atoms with E-state index in [1.165, 1.54) is 6.92 Å². The van der Waals surface area contributed by atoms with Gasteiger partial charge >= 0.3 is 0 Å². The van der Waals surface area contributed by atoms with E-state index in [9.17, 15) is 9.59 Å². The minimum atomic E-state index is -0.511. The van der Waals surface area contributed by atoms with Crippen molar-refractivity contribution in [2.24, 2.45) is 5.92 Å². The summed E-state index contributed by atoms with van der Waals surface area (Å²) in [5, 5.41) is 2.67. The van der Waals surface area contributed by atoms with Crippen molar-refractivity contribution in [2.45, 2.75) is 39.0 Å². The Kier molecular flexibility index (Phi) is 8.61. The molecule has 0 aliphatic rings. The molecule has 0 bridgehead atoms. The van der Waals surface area contributed by atoms with Crippen LogP contribution in [0.25, 0.3) is 0 Å². The summed E-state index contributed by atoms with van der Waals surface area (Å²) in [6.07, 6.45) is 0.798. The largest absolute Gasteiger partial charge is 0.496 e. The van der Waals surface area contributed by atoms with Gasteiger partial charge < -0.3 is 19.5 Å². The molecule has 0 saturated heterocycles. The third kappa shape index (κ3) is 5.85. The van der Waals surface area contributed by atoms with Gasteiger partial charge in [-0.1, -0.05) is 32.0 Å². The zero-order chi connectivity index (χ0) is 19.0. The van der Waals surface area contributed by atoms with Crippen molar-refractivity contribution in [3.8, 4) is 17.2 Å². The van der Waals surface area contributed by atoms with Gasteiger partial charge in [-0.05, 0) is 5.92 Å². The van der Waals surface area contributed by atoms with E-state index < -0.39 is 6.04 Å². The first-order valence-electron chi connectivity index (χ1n) is 8.10. The molecule has 0 aromatic heterocycles. The molecule has 140 valence electrons. The molecular weight excluding hydrogens is 342 g/mol. The molecule has 0 aliphatic heterocycles. The monoisotopic (exact) mass is 369 g/mol. The summed E-state index contributed by atoms with van der Waals surface area (Å²) in [6.45, 7) is 5.36. The van der Waals surface area contributed by atoms with Gasteiger partial charge in [0.05, 0.1) is 21.3 Å². The van der Waals surface area contributed by atoms with Crippen molar-refractivity contribution in [2.75, 3.05) is 21.3 Å². The number of carbonyl (C=O) groups excluding carboxylic acids is 2. The minimum Gasteiger partial charge on any atom is -0.496 e. The second-order valence-corrected chi connectivity index (χ2v) is 6.66. The highest BCUT2D eigenvalue weighted by atomic mass is 32.2. The quantitative estimate of drug-likeness (QED) is 0.721. The van der Waals surface area contributed by atoms with Crippen molar-refractivity contribution >= 4 is 22.8 Å². The summed E-state index contributed by atoms with van der Waals surface area (Å²) in [5.41, 5.74) is 0.773. The first kappa shape index (κ1) is 21.2. The molecule has 0 fully saturated rings. The Balaban J connectivity index is 2.98. The van der Waals surface area contributed by atoms with Crippen LogP contribution in [0.2, 0.25) is 0 Å². The van der Waals surface area contributed by atoms with Crippen LogP contribution < -0.4 is 19.5 Å². The van der Waals surface area contributed by atoms with Crippen LogP contribution in [0.4, 0.5) is 0 Å². The summed E-state index contributed by atoms with van der Waals surface area (Å²) < 4.78 is 16.0. The standard InChI is InChI=1S/C18H27NO5S/c1-7-11(2)17(19-12(3)20)18(21)25-10-14-15(23-5)8-13(22-4)9-16(14)24-6/h8-9,11,17H,7,10H2,1-6H3,(H,19,20)/t11-,17-/m0/s1. The normalized spacial score (nSPS) is 12.9. The van der Waals surface area contributed by atoms with Crippen LogP contribution in [-0.2, 0) is 15.3 Å². The Labute approximate surface area is 153 Å². The number of hydrogen-bond acceptors (Lipinski definition) is 6. The van der Waals surface area contributed by atoms with E-state index in [4.69, 9.17) is 14.2 Å². The average molecular weight is 369 g/mol. The molecule has 0 aliphatic carbocycles. The predicted molar refractivity (Wildman–Crippen MR) is 99.5 cm³/mol. The predicted octanol–water partition coefficient (Wildman–Crippen LogP) is 3.02. The van der Waals surface area contributed by atoms with E-state index in [0.29, 0.717) is 23.0 Å². The lowest BCUT2D eigenvalue weighted by Gasteiger charge is -2.22. The van der Waals surface area contributed by atoms with Gasteiger partial charge in [-0.3, -0.25) is 9.59 Å². The van der Waals surface area contributed by atoms with Gasteiger partial charge in [0.15, 0.2) is 0 Å². The highest BCUT2D eigenvalue weighted by Crippen LogP contribution is 2.37. The summed E-state index contributed by atoms with van der Waals surface area (Å²) in [4.78, 5) is 24.0. The van der Waals surface area contributed by atoms with Gasteiger partial charge in [-0.15, -0.1) is 0 Å². The van der Waals surface area contributed by atoms with E-state index in [-0.39, 0.29) is 16.9 Å². The number of thioether (sulfide) groups is 1. The zero-order valence-corrected chi connectivity index (χ0v) is 16.5. The van der Waals surface area contributed by atoms with Crippen LogP contribution in [0.3, 0.4) is 0 Å². The molecule has 0 spiro atoms. The lowest BCUT2D eigenvalue weighted by Crippen LogP contribution is -2.43. The summed E-state index contributed by atoms with van der Waals surface area (Å²) in [7, 11) is 4.68. The number of nitrogens with one attached hydrogen (secondary N) is 1. The number of rotatable bonds is 9. The van der Waals surface area contributed by atoms with Crippen LogP contribution in [0, 0.1) is 5.92 Å². The minimum absolute atomic E-state index is 0.0589. The fourth-order valence-electron chi connectivity index (χ4n) is 2.34. The number of methoxy groups -OCH3 is 3. The third-order valence-electron chi connectivity index (χ3n) is 4.00. The second kappa shape index (κ2) is 10.2. The van der Waals surface area contributed by atoms with E-state index >= 15 is 0 Å². The Hall–Kier alpha value is -1.89. The van der Waals surface area contributed by atoms with Crippen molar-refractivity contribution in [3.05, 3.63) is 17.7 Å². The maximum Gasteiger partial charge on any atom is 0.217 e. The molecule has 1 rings (SSSR count). The smallest absolute Gasteiger partial charge is 0.217 e. The average Bonchev–Trinajstić information content (AvgIpc) is 2.62. The van der Waals surface area contributed by atoms with Crippen molar-refractivity contribution < 1.29 is 23.8 Å². The van der Waals surface area contributed by atoms with Crippen LogP contribution in [-0.4, -0.2) is 38.4 Å². The Morgan fingerprint density at radius 3 is 2.08 bits per heavy atom. The molecule has 1 aromatic carbocycles. The van der Waals surface area contributed by atoms with Crippen LogP contribution in [0.5, 0.6) is 17.2 Å². The lowest BCUT2D eigenvalue weighted by atomic mass is 10.0. The Morgan fingerprint density at radius 2 is 1.68 bits per heavy atom. The zero-order valence-electron chi connectivity index (χ0n) is 15.7. The van der Waals surface area contributed by atoms with Crippen molar-refractivity contribution in [3.63, 3.8) is 0 Å². The van der Waals surface area contributed by atoms with Gasteiger partial charge in [0.1, 0.15) is 23.3 Å². The van der Waals surface area contributed by atoms with Gasteiger partial charge in [0.25, 0.3) is 0 Å². The van der Waals surface area contributed by atoms with Crippen molar-refractivity contribution in [1.82, 2.24) is 5.32 Å². The third-order valence-corrected chi connectivity index (χ3v) is 4.97. The van der Waals surface area contributed by atoms with E-state index in [0.717, 1.165) is 23.7 Å². The summed E-state index contributed by atoms with van der Waals surface area (Å²) in [6, 6.07) is 2.99. The Morgan fingerprint density at radius 1 is 1.12 bits per heavy atom. The fraction of sp³-hybridized carbons (Fsp3) is 0.556. The number of ether oxygens (including phenoxy) is 3. The molecule has 1 amide bonds. The second-order valence-electron chi connectivity index (χ2n) is 5.68. The number of carbonyl (C=O) groups is 2. The maximum absolute atomic E-state index is 12.6. The number of amides is 1. The van der Waals surface area contributed by atoms with Crippen LogP contribution >= 0.6 is 11.8 Å². The molecule has 25 heavy (non-hydrogen) atoms. The molecule has 1 N–H and O–H groups in total. The molecule has 2 atom stereocenters. The molecule has 1 aromatic rings. The summed E-state index contributed by atoms with van der Waals surface area (Å²) in [5.74, 6) is 2.03. The molecule has 0 unspecified atom stereocenters. The van der Waals surface area contributed by atoms with Crippen molar-refractivity contribution in [1.29, 1.82) is 0 Å². The van der Waals surface area contributed by atoms with E-state index in [1.807, 2.05) is 13.8 Å². The molecule has 7 heteroatoms. The molecular formula is C18H27NO5S. The van der Waals surface area contributed by atoms with Gasteiger partial charge in [-0.25, -0.2) is 0 Å². The van der Waals surface area contributed by atoms with E-state index in [2.05, 4.69) is 5.32 Å². The van der Waals surface area contributed by atoms with Gasteiger partial charge in [0, 0.05) is 30.4 Å². The number of benzene rings is 1. The Bertz CT molecular complexity index is 580. The first-order valence-corrected chi connectivity index (χ1v) is 9.09. The highest BCUT2D eigenvalue weighted by Gasteiger charge is 2.26. The molecule has 6 nitrogen and oxygen atoms in total. The fourth-order valence-corrected chi connectivity index (χ4v) is 3.38. The van der Waals surface area contributed by atoms with Gasteiger partial charge in [0.2, 0.25) is 11.0 Å². The molecule has 0 heterocycles. The van der Waals surface area contributed by atoms with E-state index in [1.54, 1.807) is 33.5 Å². The van der Waals surface area contributed by atoms with Crippen LogP contribution in [0.15, 0.2) is 12.1 Å². The van der Waals surface area contributed by atoms with Gasteiger partial charge in [-0.2, -0.15) is 0 Å². The lowest BCUT2D eigenvalue weighted by molar-refractivity contribution is -0.123.